The average molecular weight is 526 g/mol. The van der Waals surface area contributed by atoms with Gasteiger partial charge in [-0.3, -0.25) is 0 Å². The summed E-state index contributed by atoms with van der Waals surface area (Å²) < 4.78 is 28.2. The highest BCUT2D eigenvalue weighted by Gasteiger charge is 2.20. The van der Waals surface area contributed by atoms with Crippen LogP contribution in [0.15, 0.2) is 12.1 Å². The summed E-state index contributed by atoms with van der Waals surface area (Å²) in [5.74, 6) is 2.29. The fourth-order valence-corrected chi connectivity index (χ4v) is 4.08. The van der Waals surface area contributed by atoms with Crippen LogP contribution in [0.1, 0.15) is 31.7 Å². The predicted octanol–water partition coefficient (Wildman–Crippen LogP) is 2.90. The first-order valence-corrected chi connectivity index (χ1v) is 11.0. The number of hydrogen-bond acceptors (Lipinski definition) is 7. The van der Waals surface area contributed by atoms with Gasteiger partial charge in [-0.15, -0.1) is 0 Å². The van der Waals surface area contributed by atoms with Crippen molar-refractivity contribution < 1.29 is 13.9 Å². The normalized spacial score (nSPS) is 13.4. The van der Waals surface area contributed by atoms with Crippen LogP contribution in [0.3, 0.4) is 0 Å². The molecule has 0 atom stereocenters. The lowest BCUT2D eigenvalue weighted by Gasteiger charge is -2.20. The van der Waals surface area contributed by atoms with E-state index in [1.807, 2.05) is 16.7 Å². The van der Waals surface area contributed by atoms with Crippen LogP contribution < -0.4 is 20.5 Å². The minimum Gasteiger partial charge on any atom is -0.486 e. The molecule has 0 radical (unpaired) electrons. The van der Waals surface area contributed by atoms with Gasteiger partial charge >= 0.3 is 6.08 Å². The number of anilines is 1. The molecule has 1 aliphatic heterocycles. The molecule has 0 aliphatic carbocycles. The van der Waals surface area contributed by atoms with Gasteiger partial charge in [-0.2, -0.15) is 14.4 Å². The number of nitrogens with two attached hydrogens (primary N) is 1. The summed E-state index contributed by atoms with van der Waals surface area (Å²) in [6.45, 7) is 6.76. The van der Waals surface area contributed by atoms with E-state index >= 15 is 0 Å². The summed E-state index contributed by atoms with van der Waals surface area (Å²) in [6, 6.07) is 4.35. The first kappa shape index (κ1) is 21.0. The first-order chi connectivity index (χ1) is 14.4. The molecule has 10 heteroatoms. The minimum atomic E-state index is -0.845. The highest BCUT2D eigenvalue weighted by molar-refractivity contribution is 14.1. The number of imidazole rings is 1. The molecule has 160 valence electrons. The van der Waals surface area contributed by atoms with Crippen molar-refractivity contribution in [2.75, 3.05) is 25.5 Å². The lowest BCUT2D eigenvalue weighted by atomic mass is 10.1. The lowest BCUT2D eigenvalue weighted by Crippen LogP contribution is -2.24. The molecule has 0 saturated carbocycles. The highest BCUT2D eigenvalue weighted by Crippen LogP contribution is 2.35. The quantitative estimate of drug-likeness (QED) is 0.278. The van der Waals surface area contributed by atoms with E-state index in [2.05, 4.69) is 56.7 Å². The maximum absolute atomic E-state index is 13.9. The zero-order chi connectivity index (χ0) is 21.3. The number of nitrogens with zero attached hydrogens (tertiary/aromatic N) is 4. The van der Waals surface area contributed by atoms with Gasteiger partial charge in [0.05, 0.1) is 0 Å². The fraction of sp³-hybridized carbons (Fsp3) is 0.450. The van der Waals surface area contributed by atoms with E-state index in [9.17, 15) is 4.39 Å². The van der Waals surface area contributed by atoms with Crippen LogP contribution in [0, 0.1) is 9.65 Å². The molecule has 3 aromatic rings. The zero-order valence-electron chi connectivity index (χ0n) is 16.9. The van der Waals surface area contributed by atoms with Crippen LogP contribution in [0.5, 0.6) is 11.5 Å². The second-order valence-corrected chi connectivity index (χ2v) is 8.62. The van der Waals surface area contributed by atoms with E-state index in [1.54, 1.807) is 0 Å². The second-order valence-electron chi connectivity index (χ2n) is 7.46. The maximum atomic E-state index is 13.9. The van der Waals surface area contributed by atoms with E-state index in [0.717, 1.165) is 39.4 Å². The molecule has 0 bridgehead atoms. The molecule has 0 amide bonds. The Morgan fingerprint density at radius 1 is 1.20 bits per heavy atom. The molecule has 3 N–H and O–H groups in total. The number of halogens is 2. The molecule has 0 spiro atoms. The minimum absolute atomic E-state index is 0.0506. The molecule has 0 fully saturated rings. The Labute approximate surface area is 187 Å². The van der Waals surface area contributed by atoms with E-state index in [0.29, 0.717) is 43.4 Å². The summed E-state index contributed by atoms with van der Waals surface area (Å²) in [5.41, 5.74) is 7.83. The first-order valence-electron chi connectivity index (χ1n) is 9.92. The number of nitrogens with one attached hydrogen (secondary N) is 1. The lowest BCUT2D eigenvalue weighted by molar-refractivity contribution is 0.171. The molecule has 4 rings (SSSR count). The molecule has 8 nitrogen and oxygen atoms in total. The summed E-state index contributed by atoms with van der Waals surface area (Å²) in [7, 11) is 0. The SMILES string of the molecule is CC(C)NCCCn1c(Cc2cc3c(cc2I)OCCO3)nc2c(N)nc(F)nc21. The van der Waals surface area contributed by atoms with Gasteiger partial charge in [0.15, 0.2) is 28.5 Å². The fourth-order valence-electron chi connectivity index (χ4n) is 3.45. The topological polar surface area (TPSA) is 100 Å². The summed E-state index contributed by atoms with van der Waals surface area (Å²) in [5, 5.41) is 3.39. The summed E-state index contributed by atoms with van der Waals surface area (Å²) >= 11 is 2.28. The molecule has 1 aromatic carbocycles. The third-order valence-electron chi connectivity index (χ3n) is 4.84. The Kier molecular flexibility index (Phi) is 6.23. The molecule has 0 unspecified atom stereocenters. The molecular weight excluding hydrogens is 502 g/mol. The predicted molar refractivity (Wildman–Crippen MR) is 120 cm³/mol. The van der Waals surface area contributed by atoms with Crippen molar-refractivity contribution in [3.8, 4) is 11.5 Å². The Hall–Kier alpha value is -2.21. The van der Waals surface area contributed by atoms with Crippen LogP contribution in [0.2, 0.25) is 0 Å². The van der Waals surface area contributed by atoms with Crippen LogP contribution in [0.25, 0.3) is 11.2 Å². The van der Waals surface area contributed by atoms with Crippen LogP contribution >= 0.6 is 22.6 Å². The van der Waals surface area contributed by atoms with E-state index in [4.69, 9.17) is 15.2 Å². The Morgan fingerprint density at radius 2 is 1.93 bits per heavy atom. The highest BCUT2D eigenvalue weighted by atomic mass is 127. The Bertz CT molecular complexity index is 1070. The van der Waals surface area contributed by atoms with E-state index in [1.165, 1.54) is 0 Å². The van der Waals surface area contributed by atoms with Crippen molar-refractivity contribution in [2.24, 2.45) is 0 Å². The van der Waals surface area contributed by atoms with Crippen LogP contribution in [-0.2, 0) is 13.0 Å². The van der Waals surface area contributed by atoms with Gasteiger partial charge in [-0.05, 0) is 53.3 Å². The van der Waals surface area contributed by atoms with Gasteiger partial charge in [-0.25, -0.2) is 4.98 Å². The number of benzene rings is 1. The summed E-state index contributed by atoms with van der Waals surface area (Å²) in [6.07, 6.45) is 0.534. The second kappa shape index (κ2) is 8.88. The van der Waals surface area contributed by atoms with E-state index < -0.39 is 6.08 Å². The number of nitrogen functional groups attached to an aromatic ring is 1. The smallest absolute Gasteiger partial charge is 0.312 e. The van der Waals surface area contributed by atoms with Gasteiger partial charge < -0.3 is 25.1 Å². The molecule has 0 saturated heterocycles. The number of rotatable bonds is 7. The van der Waals surface area contributed by atoms with Crippen molar-refractivity contribution in [1.82, 2.24) is 24.8 Å². The van der Waals surface area contributed by atoms with Crippen molar-refractivity contribution in [1.29, 1.82) is 0 Å². The van der Waals surface area contributed by atoms with Crippen molar-refractivity contribution in [2.45, 2.75) is 39.3 Å². The largest absolute Gasteiger partial charge is 0.486 e. The summed E-state index contributed by atoms with van der Waals surface area (Å²) in [4.78, 5) is 12.3. The van der Waals surface area contributed by atoms with Crippen molar-refractivity contribution in [3.63, 3.8) is 0 Å². The van der Waals surface area contributed by atoms with Crippen molar-refractivity contribution in [3.05, 3.63) is 33.2 Å². The standard InChI is InChI=1S/C20H24FIN6O2/c1-11(2)24-4-3-5-28-16(25-17-18(23)26-20(21)27-19(17)28)9-12-8-14-15(10-13(12)22)30-7-6-29-14/h8,10-11,24H,3-7,9H2,1-2H3,(H2,23,26,27). The molecule has 1 aliphatic rings. The third kappa shape index (κ3) is 4.43. The van der Waals surface area contributed by atoms with Gasteiger partial charge in [-0.1, -0.05) is 13.8 Å². The molecule has 30 heavy (non-hydrogen) atoms. The van der Waals surface area contributed by atoms with Gasteiger partial charge in [0.1, 0.15) is 19.0 Å². The van der Waals surface area contributed by atoms with Crippen molar-refractivity contribution >= 4 is 39.6 Å². The van der Waals surface area contributed by atoms with Crippen LogP contribution in [-0.4, -0.2) is 45.3 Å². The number of aromatic nitrogens is 4. The number of fused-ring (bicyclic) bond motifs is 2. The maximum Gasteiger partial charge on any atom is 0.312 e. The number of ether oxygens (including phenoxy) is 2. The Balaban J connectivity index is 1.69. The average Bonchev–Trinajstić information content (AvgIpc) is 3.03. The molecule has 3 heterocycles. The third-order valence-corrected chi connectivity index (χ3v) is 5.85. The van der Waals surface area contributed by atoms with Crippen LogP contribution in [0.4, 0.5) is 10.2 Å². The van der Waals surface area contributed by atoms with Gasteiger partial charge in [0, 0.05) is 22.6 Å². The molecular formula is C20H24FIN6O2. The van der Waals surface area contributed by atoms with Gasteiger partial charge in [0.25, 0.3) is 0 Å². The zero-order valence-corrected chi connectivity index (χ0v) is 19.1. The monoisotopic (exact) mass is 526 g/mol. The molecule has 2 aromatic heterocycles. The van der Waals surface area contributed by atoms with Gasteiger partial charge in [0.2, 0.25) is 0 Å². The van der Waals surface area contributed by atoms with E-state index in [-0.39, 0.29) is 5.82 Å². The number of hydrogen-bond donors (Lipinski definition) is 2. The Morgan fingerprint density at radius 3 is 2.67 bits per heavy atom. The number of aryl methyl sites for hydroxylation is 1.